The normalized spacial score (nSPS) is 28.6. The van der Waals surface area contributed by atoms with Crippen LogP contribution in [-0.4, -0.2) is 38.3 Å². The topological polar surface area (TPSA) is 12.5 Å². The van der Waals surface area contributed by atoms with Gasteiger partial charge in [0.2, 0.25) is 0 Å². The summed E-state index contributed by atoms with van der Waals surface area (Å²) in [5, 5.41) is 0. The molecule has 2 nitrogen and oxygen atoms in total. The zero-order valence-electron chi connectivity index (χ0n) is 9.31. The molecule has 1 saturated heterocycles. The van der Waals surface area contributed by atoms with E-state index >= 15 is 0 Å². The van der Waals surface area contributed by atoms with Crippen molar-refractivity contribution in [2.45, 2.75) is 33.1 Å². The molecule has 0 radical (unpaired) electrons. The van der Waals surface area contributed by atoms with Gasteiger partial charge in [0.05, 0.1) is 6.61 Å². The van der Waals surface area contributed by atoms with Crippen molar-refractivity contribution in [3.8, 4) is 0 Å². The lowest BCUT2D eigenvalue weighted by molar-refractivity contribution is 0.117. The van der Waals surface area contributed by atoms with Crippen LogP contribution in [0.1, 0.15) is 33.1 Å². The van der Waals surface area contributed by atoms with Gasteiger partial charge in [0.1, 0.15) is 0 Å². The predicted molar refractivity (Wildman–Crippen MR) is 55.9 cm³/mol. The van der Waals surface area contributed by atoms with E-state index in [4.69, 9.17) is 4.74 Å². The molecule has 0 amide bonds. The van der Waals surface area contributed by atoms with Crippen molar-refractivity contribution in [3.63, 3.8) is 0 Å². The van der Waals surface area contributed by atoms with E-state index in [2.05, 4.69) is 25.8 Å². The maximum absolute atomic E-state index is 5.50. The summed E-state index contributed by atoms with van der Waals surface area (Å²) in [7, 11) is 2.22. The molecular weight excluding hydrogens is 162 g/mol. The first kappa shape index (κ1) is 11.0. The molecule has 78 valence electrons. The predicted octanol–water partition coefficient (Wildman–Crippen LogP) is 2.14. The van der Waals surface area contributed by atoms with E-state index < -0.39 is 0 Å². The van der Waals surface area contributed by atoms with Gasteiger partial charge in [-0.1, -0.05) is 13.8 Å². The van der Waals surface area contributed by atoms with Crippen molar-refractivity contribution in [3.05, 3.63) is 0 Å². The highest BCUT2D eigenvalue weighted by Crippen LogP contribution is 2.32. The quantitative estimate of drug-likeness (QED) is 0.650. The number of hydrogen-bond acceptors (Lipinski definition) is 2. The van der Waals surface area contributed by atoms with E-state index in [0.717, 1.165) is 13.2 Å². The minimum Gasteiger partial charge on any atom is -0.381 e. The number of nitrogens with zero attached hydrogens (tertiary/aromatic N) is 1. The van der Waals surface area contributed by atoms with Gasteiger partial charge in [-0.25, -0.2) is 0 Å². The van der Waals surface area contributed by atoms with Gasteiger partial charge >= 0.3 is 0 Å². The molecule has 1 aliphatic rings. The SMILES string of the molecule is CCCN(C)CC1(CC)CCOC1. The molecule has 13 heavy (non-hydrogen) atoms. The molecule has 0 saturated carbocycles. The molecule has 1 atom stereocenters. The van der Waals surface area contributed by atoms with Gasteiger partial charge in [0.25, 0.3) is 0 Å². The summed E-state index contributed by atoms with van der Waals surface area (Å²) in [6.45, 7) is 8.87. The van der Waals surface area contributed by atoms with Crippen LogP contribution in [0, 0.1) is 5.41 Å². The van der Waals surface area contributed by atoms with Gasteiger partial charge in [-0.15, -0.1) is 0 Å². The van der Waals surface area contributed by atoms with E-state index in [1.807, 2.05) is 0 Å². The third-order valence-corrected chi connectivity index (χ3v) is 3.15. The van der Waals surface area contributed by atoms with Crippen LogP contribution in [0.3, 0.4) is 0 Å². The van der Waals surface area contributed by atoms with Crippen molar-refractivity contribution < 1.29 is 4.74 Å². The van der Waals surface area contributed by atoms with Crippen LogP contribution >= 0.6 is 0 Å². The van der Waals surface area contributed by atoms with Crippen molar-refractivity contribution in [2.24, 2.45) is 5.41 Å². The van der Waals surface area contributed by atoms with Gasteiger partial charge in [-0.2, -0.15) is 0 Å². The zero-order chi connectivity index (χ0) is 9.73. The van der Waals surface area contributed by atoms with Crippen LogP contribution in [-0.2, 0) is 4.74 Å². The van der Waals surface area contributed by atoms with E-state index in [1.165, 1.54) is 32.4 Å². The van der Waals surface area contributed by atoms with Crippen molar-refractivity contribution in [1.82, 2.24) is 4.90 Å². The Labute approximate surface area is 82.3 Å². The third kappa shape index (κ3) is 2.96. The molecule has 0 aromatic heterocycles. The zero-order valence-corrected chi connectivity index (χ0v) is 9.31. The molecule has 1 aliphatic heterocycles. The molecule has 1 rings (SSSR count). The van der Waals surface area contributed by atoms with E-state index in [1.54, 1.807) is 0 Å². The monoisotopic (exact) mass is 185 g/mol. The van der Waals surface area contributed by atoms with Crippen molar-refractivity contribution in [1.29, 1.82) is 0 Å². The number of ether oxygens (including phenoxy) is 1. The molecule has 0 spiro atoms. The standard InChI is InChI=1S/C11H23NO/c1-4-7-12(3)9-11(5-2)6-8-13-10-11/h4-10H2,1-3H3. The minimum atomic E-state index is 0.462. The largest absolute Gasteiger partial charge is 0.381 e. The summed E-state index contributed by atoms with van der Waals surface area (Å²) in [5.41, 5.74) is 0.462. The van der Waals surface area contributed by atoms with Crippen LogP contribution in [0.5, 0.6) is 0 Å². The third-order valence-electron chi connectivity index (χ3n) is 3.15. The fourth-order valence-electron chi connectivity index (χ4n) is 2.20. The Morgan fingerprint density at radius 2 is 2.15 bits per heavy atom. The molecule has 0 bridgehead atoms. The first-order valence-corrected chi connectivity index (χ1v) is 5.49. The maximum atomic E-state index is 5.50. The molecule has 0 aromatic rings. The Morgan fingerprint density at radius 1 is 1.38 bits per heavy atom. The minimum absolute atomic E-state index is 0.462. The first-order chi connectivity index (χ1) is 6.22. The highest BCUT2D eigenvalue weighted by atomic mass is 16.5. The van der Waals surface area contributed by atoms with Gasteiger partial charge in [-0.3, -0.25) is 0 Å². The van der Waals surface area contributed by atoms with E-state index in [-0.39, 0.29) is 0 Å². The fraction of sp³-hybridized carbons (Fsp3) is 1.00. The van der Waals surface area contributed by atoms with Crippen LogP contribution in [0.25, 0.3) is 0 Å². The average molecular weight is 185 g/mol. The molecule has 1 heterocycles. The second-order valence-corrected chi connectivity index (χ2v) is 4.39. The fourth-order valence-corrected chi connectivity index (χ4v) is 2.20. The molecule has 1 fully saturated rings. The summed E-state index contributed by atoms with van der Waals surface area (Å²) < 4.78 is 5.50. The highest BCUT2D eigenvalue weighted by Gasteiger charge is 2.33. The van der Waals surface area contributed by atoms with E-state index in [0.29, 0.717) is 5.41 Å². The average Bonchev–Trinajstić information content (AvgIpc) is 2.54. The maximum Gasteiger partial charge on any atom is 0.0535 e. The molecule has 1 unspecified atom stereocenters. The van der Waals surface area contributed by atoms with Crippen molar-refractivity contribution >= 4 is 0 Å². The summed E-state index contributed by atoms with van der Waals surface area (Å²) in [5.74, 6) is 0. The van der Waals surface area contributed by atoms with Gasteiger partial charge in [0, 0.05) is 18.6 Å². The van der Waals surface area contributed by atoms with Crippen LogP contribution in [0.4, 0.5) is 0 Å². The summed E-state index contributed by atoms with van der Waals surface area (Å²) in [4.78, 5) is 2.44. The second-order valence-electron chi connectivity index (χ2n) is 4.39. The molecule has 0 aliphatic carbocycles. The van der Waals surface area contributed by atoms with Gasteiger partial charge < -0.3 is 9.64 Å². The number of rotatable bonds is 5. The number of hydrogen-bond donors (Lipinski definition) is 0. The Morgan fingerprint density at radius 3 is 2.62 bits per heavy atom. The molecule has 0 N–H and O–H groups in total. The molecule has 0 aromatic carbocycles. The smallest absolute Gasteiger partial charge is 0.0535 e. The Kier molecular flexibility index (Phi) is 4.20. The molecular formula is C11H23NO. The Hall–Kier alpha value is -0.0800. The Balaban J connectivity index is 2.38. The second kappa shape index (κ2) is 4.97. The van der Waals surface area contributed by atoms with Gasteiger partial charge in [0.15, 0.2) is 0 Å². The van der Waals surface area contributed by atoms with Crippen LogP contribution in [0.15, 0.2) is 0 Å². The summed E-state index contributed by atoms with van der Waals surface area (Å²) >= 11 is 0. The van der Waals surface area contributed by atoms with Crippen LogP contribution in [0.2, 0.25) is 0 Å². The Bertz CT molecular complexity index is 141. The first-order valence-electron chi connectivity index (χ1n) is 5.49. The van der Waals surface area contributed by atoms with E-state index in [9.17, 15) is 0 Å². The van der Waals surface area contributed by atoms with Gasteiger partial charge in [-0.05, 0) is 32.9 Å². The highest BCUT2D eigenvalue weighted by molar-refractivity contribution is 4.84. The lowest BCUT2D eigenvalue weighted by Crippen LogP contribution is -2.36. The van der Waals surface area contributed by atoms with Crippen molar-refractivity contribution in [2.75, 3.05) is 33.4 Å². The molecule has 2 heteroatoms. The lowest BCUT2D eigenvalue weighted by Gasteiger charge is -2.31. The van der Waals surface area contributed by atoms with Crippen LogP contribution < -0.4 is 0 Å². The lowest BCUT2D eigenvalue weighted by atomic mass is 9.84. The summed E-state index contributed by atoms with van der Waals surface area (Å²) in [6, 6.07) is 0. The summed E-state index contributed by atoms with van der Waals surface area (Å²) in [6.07, 6.45) is 3.75.